The fourth-order valence-electron chi connectivity index (χ4n) is 1.40. The lowest BCUT2D eigenvalue weighted by Gasteiger charge is -2.20. The molecule has 1 amide bonds. The molecule has 0 fully saturated rings. The van der Waals surface area contributed by atoms with E-state index in [4.69, 9.17) is 11.5 Å². The predicted octanol–water partition coefficient (Wildman–Crippen LogP) is 0.167. The summed E-state index contributed by atoms with van der Waals surface area (Å²) in [5.74, 6) is -1.33. The van der Waals surface area contributed by atoms with E-state index in [9.17, 15) is 28.2 Å². The number of alkyl halides is 3. The van der Waals surface area contributed by atoms with E-state index in [1.165, 1.54) is 0 Å². The van der Waals surface area contributed by atoms with Crippen molar-refractivity contribution in [2.24, 2.45) is 5.73 Å². The topological polar surface area (TPSA) is 110 Å². The summed E-state index contributed by atoms with van der Waals surface area (Å²) in [7, 11) is 0. The van der Waals surface area contributed by atoms with Crippen LogP contribution in [0.2, 0.25) is 0 Å². The summed E-state index contributed by atoms with van der Waals surface area (Å²) >= 11 is 0. The second kappa shape index (κ2) is 4.83. The van der Waals surface area contributed by atoms with E-state index in [1.807, 2.05) is 0 Å². The molecule has 0 aromatic heterocycles. The fourth-order valence-corrected chi connectivity index (χ4v) is 1.40. The van der Waals surface area contributed by atoms with Crippen molar-refractivity contribution in [2.75, 3.05) is 5.73 Å². The largest absolute Gasteiger partial charge is 0.416 e. The summed E-state index contributed by atoms with van der Waals surface area (Å²) in [6.07, 6.45) is -8.97. The number of anilines is 1. The lowest BCUT2D eigenvalue weighted by molar-refractivity contribution is -0.142. The van der Waals surface area contributed by atoms with Crippen molar-refractivity contribution in [3.05, 3.63) is 29.3 Å². The second-order valence-corrected chi connectivity index (χ2v) is 3.64. The number of aliphatic hydroxyl groups is 2. The number of benzene rings is 1. The molecule has 8 heteroatoms. The van der Waals surface area contributed by atoms with E-state index in [2.05, 4.69) is 0 Å². The van der Waals surface area contributed by atoms with Crippen LogP contribution < -0.4 is 11.5 Å². The molecule has 6 N–H and O–H groups in total. The van der Waals surface area contributed by atoms with E-state index in [1.54, 1.807) is 0 Å². The highest BCUT2D eigenvalue weighted by molar-refractivity contribution is 5.79. The maximum absolute atomic E-state index is 12.7. The molecule has 0 saturated carbocycles. The summed E-state index contributed by atoms with van der Waals surface area (Å²) in [5, 5.41) is 18.7. The maximum atomic E-state index is 12.7. The average Bonchev–Trinajstić information content (AvgIpc) is 2.25. The van der Waals surface area contributed by atoms with Gasteiger partial charge in [-0.1, -0.05) is 6.07 Å². The van der Waals surface area contributed by atoms with Crippen LogP contribution in [0.15, 0.2) is 18.2 Å². The average molecular weight is 264 g/mol. The highest BCUT2D eigenvalue weighted by Gasteiger charge is 2.37. The van der Waals surface area contributed by atoms with Crippen LogP contribution in [0.3, 0.4) is 0 Å². The summed E-state index contributed by atoms with van der Waals surface area (Å²) in [6.45, 7) is 0. The molecule has 2 unspecified atom stereocenters. The molecule has 0 heterocycles. The number of rotatable bonds is 3. The molecule has 1 aromatic carbocycles. The Morgan fingerprint density at radius 3 is 2.28 bits per heavy atom. The van der Waals surface area contributed by atoms with Crippen LogP contribution in [0.4, 0.5) is 18.9 Å². The third-order valence-electron chi connectivity index (χ3n) is 2.29. The number of nitrogens with two attached hydrogens (primary N) is 2. The summed E-state index contributed by atoms with van der Waals surface area (Å²) in [5.41, 5.74) is 7.88. The minimum atomic E-state index is -4.77. The van der Waals surface area contributed by atoms with E-state index in [0.717, 1.165) is 12.1 Å². The quantitative estimate of drug-likeness (QED) is 0.583. The van der Waals surface area contributed by atoms with Gasteiger partial charge < -0.3 is 21.7 Å². The molecule has 0 saturated heterocycles. The maximum Gasteiger partial charge on any atom is 0.416 e. The molecule has 0 aliphatic carbocycles. The second-order valence-electron chi connectivity index (χ2n) is 3.64. The van der Waals surface area contributed by atoms with E-state index >= 15 is 0 Å². The van der Waals surface area contributed by atoms with Gasteiger partial charge in [0.15, 0.2) is 6.10 Å². The summed E-state index contributed by atoms with van der Waals surface area (Å²) in [6, 6.07) is 2.60. The minimum Gasteiger partial charge on any atom is -0.399 e. The van der Waals surface area contributed by atoms with Gasteiger partial charge in [-0.15, -0.1) is 0 Å². The number of hydrogen-bond donors (Lipinski definition) is 4. The zero-order chi connectivity index (χ0) is 14.1. The molecule has 0 radical (unpaired) electrons. The number of nitrogen functional groups attached to an aromatic ring is 1. The van der Waals surface area contributed by atoms with Crippen molar-refractivity contribution in [1.29, 1.82) is 0 Å². The molecule has 1 aromatic rings. The van der Waals surface area contributed by atoms with Crippen LogP contribution in [0.5, 0.6) is 0 Å². The van der Waals surface area contributed by atoms with Gasteiger partial charge in [0.05, 0.1) is 5.56 Å². The predicted molar refractivity (Wildman–Crippen MR) is 56.0 cm³/mol. The third-order valence-corrected chi connectivity index (χ3v) is 2.29. The zero-order valence-electron chi connectivity index (χ0n) is 8.98. The standard InChI is InChI=1S/C10H11F3N2O3/c11-10(12,13)6-3-4(14)1-2-5(6)7(16)8(17)9(15)18/h1-3,7-8,16-17H,14H2,(H2,15,18). The number of carbonyl (C=O) groups is 1. The van der Waals surface area contributed by atoms with Crippen LogP contribution in [0.1, 0.15) is 17.2 Å². The highest BCUT2D eigenvalue weighted by atomic mass is 19.4. The lowest BCUT2D eigenvalue weighted by atomic mass is 9.97. The Labute approximate surface area is 99.8 Å². The van der Waals surface area contributed by atoms with E-state index in [-0.39, 0.29) is 5.69 Å². The monoisotopic (exact) mass is 264 g/mol. The lowest BCUT2D eigenvalue weighted by Crippen LogP contribution is -2.34. The number of halogens is 3. The Balaban J connectivity index is 3.28. The van der Waals surface area contributed by atoms with E-state index < -0.39 is 35.4 Å². The van der Waals surface area contributed by atoms with Gasteiger partial charge in [0.2, 0.25) is 5.91 Å². The smallest absolute Gasteiger partial charge is 0.399 e. The molecule has 0 aliphatic rings. The Morgan fingerprint density at radius 1 is 1.28 bits per heavy atom. The van der Waals surface area contributed by atoms with Crippen LogP contribution in [-0.2, 0) is 11.0 Å². The summed E-state index contributed by atoms with van der Waals surface area (Å²) < 4.78 is 38.1. The Bertz CT molecular complexity index is 462. The van der Waals surface area contributed by atoms with E-state index in [0.29, 0.717) is 6.07 Å². The molecule has 0 aliphatic heterocycles. The minimum absolute atomic E-state index is 0.160. The van der Waals surface area contributed by atoms with Gasteiger partial charge in [-0.2, -0.15) is 13.2 Å². The van der Waals surface area contributed by atoms with Crippen molar-refractivity contribution in [3.8, 4) is 0 Å². The van der Waals surface area contributed by atoms with Crippen molar-refractivity contribution in [1.82, 2.24) is 0 Å². The van der Waals surface area contributed by atoms with Gasteiger partial charge in [-0.3, -0.25) is 4.79 Å². The highest BCUT2D eigenvalue weighted by Crippen LogP contribution is 2.36. The molecule has 0 spiro atoms. The van der Waals surface area contributed by atoms with Gasteiger partial charge in [0, 0.05) is 5.69 Å². The first-order valence-corrected chi connectivity index (χ1v) is 4.76. The third kappa shape index (κ3) is 2.90. The number of amides is 1. The normalized spacial score (nSPS) is 15.2. The number of primary amides is 1. The van der Waals surface area contributed by atoms with Crippen LogP contribution in [0.25, 0.3) is 0 Å². The molecule has 100 valence electrons. The van der Waals surface area contributed by atoms with Crippen molar-refractivity contribution < 1.29 is 28.2 Å². The zero-order valence-corrected chi connectivity index (χ0v) is 8.98. The Hall–Kier alpha value is -1.80. The molecular formula is C10H11F3N2O3. The first-order chi connectivity index (χ1) is 8.14. The first-order valence-electron chi connectivity index (χ1n) is 4.76. The van der Waals surface area contributed by atoms with Gasteiger partial charge >= 0.3 is 6.18 Å². The van der Waals surface area contributed by atoms with Crippen LogP contribution in [0, 0.1) is 0 Å². The summed E-state index contributed by atoms with van der Waals surface area (Å²) in [4.78, 5) is 10.6. The van der Waals surface area contributed by atoms with Gasteiger partial charge in [-0.05, 0) is 17.7 Å². The van der Waals surface area contributed by atoms with Crippen molar-refractivity contribution in [2.45, 2.75) is 18.4 Å². The van der Waals surface area contributed by atoms with Crippen molar-refractivity contribution in [3.63, 3.8) is 0 Å². The molecule has 18 heavy (non-hydrogen) atoms. The Kier molecular flexibility index (Phi) is 3.82. The molecule has 5 nitrogen and oxygen atoms in total. The Morgan fingerprint density at radius 2 is 1.83 bits per heavy atom. The first kappa shape index (κ1) is 14.3. The van der Waals surface area contributed by atoms with Crippen LogP contribution >= 0.6 is 0 Å². The number of hydrogen-bond acceptors (Lipinski definition) is 4. The molecule has 2 atom stereocenters. The molecule has 1 rings (SSSR count). The molecule has 0 bridgehead atoms. The van der Waals surface area contributed by atoms with Gasteiger partial charge in [0.25, 0.3) is 0 Å². The van der Waals surface area contributed by atoms with Gasteiger partial charge in [-0.25, -0.2) is 0 Å². The van der Waals surface area contributed by atoms with Crippen molar-refractivity contribution >= 4 is 11.6 Å². The molecular weight excluding hydrogens is 253 g/mol. The number of aliphatic hydroxyl groups excluding tert-OH is 2. The van der Waals surface area contributed by atoms with Gasteiger partial charge in [0.1, 0.15) is 6.10 Å². The van der Waals surface area contributed by atoms with Crippen LogP contribution in [-0.4, -0.2) is 22.2 Å². The fraction of sp³-hybridized carbons (Fsp3) is 0.300. The SMILES string of the molecule is NC(=O)C(O)C(O)c1ccc(N)cc1C(F)(F)F. The number of carbonyl (C=O) groups excluding carboxylic acids is 1.